The van der Waals surface area contributed by atoms with Crippen molar-refractivity contribution in [3.63, 3.8) is 0 Å². The number of carboxylic acid groups (broad SMARTS) is 1. The number of carboxylic acids is 1. The van der Waals surface area contributed by atoms with Crippen LogP contribution in [0.5, 0.6) is 0 Å². The molecule has 1 heterocycles. The maximum Gasteiger partial charge on any atom is 0.307 e. The summed E-state index contributed by atoms with van der Waals surface area (Å²) in [5, 5.41) is 14.6. The fraction of sp³-hybridized carbons (Fsp3) is 0.615. The van der Waals surface area contributed by atoms with E-state index in [-0.39, 0.29) is 11.8 Å². The maximum absolute atomic E-state index is 11.6. The number of hydrogen-bond acceptors (Lipinski definition) is 4. The van der Waals surface area contributed by atoms with Gasteiger partial charge in [-0.15, -0.1) is 11.3 Å². The standard InChI is InChI=1S/C13H18N2O3S/c1-7(2)12-15-8(6-19-12)3-4-14-11(16)9-5-10(9)13(17)18/h6-7,9-10H,3-5H2,1-2H3,(H,14,16)(H,17,18)/t9-,10-/m1/s1. The fourth-order valence-corrected chi connectivity index (χ4v) is 2.77. The maximum atomic E-state index is 11.6. The molecule has 1 aliphatic carbocycles. The molecule has 1 aromatic heterocycles. The molecule has 2 rings (SSSR count). The van der Waals surface area contributed by atoms with Gasteiger partial charge in [0.15, 0.2) is 0 Å². The molecule has 2 atom stereocenters. The molecule has 6 heteroatoms. The number of carbonyl (C=O) groups excluding carboxylic acids is 1. The number of aliphatic carboxylic acids is 1. The van der Waals surface area contributed by atoms with Crippen molar-refractivity contribution in [3.05, 3.63) is 16.1 Å². The summed E-state index contributed by atoms with van der Waals surface area (Å²) in [5.74, 6) is -1.41. The Hall–Kier alpha value is -1.43. The minimum Gasteiger partial charge on any atom is -0.481 e. The zero-order valence-corrected chi connectivity index (χ0v) is 11.9. The highest BCUT2D eigenvalue weighted by atomic mass is 32.1. The van der Waals surface area contributed by atoms with E-state index in [0.29, 0.717) is 25.3 Å². The molecule has 0 aliphatic heterocycles. The Morgan fingerprint density at radius 2 is 2.26 bits per heavy atom. The van der Waals surface area contributed by atoms with Crippen LogP contribution in [-0.4, -0.2) is 28.5 Å². The van der Waals surface area contributed by atoms with Crippen molar-refractivity contribution in [2.45, 2.75) is 32.6 Å². The predicted octanol–water partition coefficient (Wildman–Crippen LogP) is 1.65. The molecule has 0 bridgehead atoms. The van der Waals surface area contributed by atoms with Crippen LogP contribution in [0.3, 0.4) is 0 Å². The van der Waals surface area contributed by atoms with E-state index >= 15 is 0 Å². The van der Waals surface area contributed by atoms with Gasteiger partial charge in [0.25, 0.3) is 0 Å². The van der Waals surface area contributed by atoms with E-state index in [4.69, 9.17) is 5.11 Å². The molecule has 0 aromatic carbocycles. The second kappa shape index (κ2) is 5.69. The topological polar surface area (TPSA) is 79.3 Å². The van der Waals surface area contributed by atoms with Crippen LogP contribution in [0.25, 0.3) is 0 Å². The molecule has 1 aliphatic rings. The van der Waals surface area contributed by atoms with Crippen LogP contribution in [0.15, 0.2) is 5.38 Å². The molecule has 0 unspecified atom stereocenters. The van der Waals surface area contributed by atoms with Gasteiger partial charge in [0, 0.05) is 24.3 Å². The van der Waals surface area contributed by atoms with E-state index < -0.39 is 11.9 Å². The summed E-state index contributed by atoms with van der Waals surface area (Å²) < 4.78 is 0. The van der Waals surface area contributed by atoms with Crippen molar-refractivity contribution in [3.8, 4) is 0 Å². The Kier molecular flexibility index (Phi) is 4.19. The molecule has 0 spiro atoms. The Morgan fingerprint density at radius 1 is 1.53 bits per heavy atom. The van der Waals surface area contributed by atoms with E-state index in [1.54, 1.807) is 11.3 Å². The lowest BCUT2D eigenvalue weighted by atomic mass is 10.2. The average Bonchev–Trinajstić information content (AvgIpc) is 3.02. The van der Waals surface area contributed by atoms with Crippen LogP contribution in [0, 0.1) is 11.8 Å². The summed E-state index contributed by atoms with van der Waals surface area (Å²) in [4.78, 5) is 26.8. The molecule has 0 radical (unpaired) electrons. The van der Waals surface area contributed by atoms with E-state index in [2.05, 4.69) is 24.1 Å². The van der Waals surface area contributed by atoms with Crippen molar-refractivity contribution in [1.29, 1.82) is 0 Å². The molecular weight excluding hydrogens is 264 g/mol. The molecule has 1 fully saturated rings. The van der Waals surface area contributed by atoms with Crippen LogP contribution in [0.2, 0.25) is 0 Å². The second-order valence-electron chi connectivity index (χ2n) is 5.16. The first-order valence-corrected chi connectivity index (χ1v) is 7.31. The van der Waals surface area contributed by atoms with Crippen molar-refractivity contribution >= 4 is 23.2 Å². The minimum atomic E-state index is -0.874. The molecular formula is C13H18N2O3S. The van der Waals surface area contributed by atoms with Crippen molar-refractivity contribution in [2.24, 2.45) is 11.8 Å². The van der Waals surface area contributed by atoms with Gasteiger partial charge in [-0.1, -0.05) is 13.8 Å². The summed E-state index contributed by atoms with van der Waals surface area (Å²) in [6, 6.07) is 0. The Labute approximate surface area is 116 Å². The molecule has 5 nitrogen and oxygen atoms in total. The van der Waals surface area contributed by atoms with Gasteiger partial charge < -0.3 is 10.4 Å². The summed E-state index contributed by atoms with van der Waals surface area (Å²) in [6.45, 7) is 4.72. The third kappa shape index (κ3) is 3.53. The van der Waals surface area contributed by atoms with Crippen LogP contribution in [-0.2, 0) is 16.0 Å². The third-order valence-electron chi connectivity index (χ3n) is 3.19. The highest BCUT2D eigenvalue weighted by molar-refractivity contribution is 7.09. The zero-order valence-electron chi connectivity index (χ0n) is 11.0. The highest BCUT2D eigenvalue weighted by Gasteiger charge is 2.48. The fourth-order valence-electron chi connectivity index (χ4n) is 1.91. The summed E-state index contributed by atoms with van der Waals surface area (Å²) in [7, 11) is 0. The zero-order chi connectivity index (χ0) is 14.0. The molecule has 1 saturated carbocycles. The first-order chi connectivity index (χ1) is 8.99. The van der Waals surface area contributed by atoms with Crippen molar-refractivity contribution < 1.29 is 14.7 Å². The first-order valence-electron chi connectivity index (χ1n) is 6.44. The van der Waals surface area contributed by atoms with E-state index in [1.807, 2.05) is 5.38 Å². The number of rotatable bonds is 6. The Bertz CT molecular complexity index is 484. The van der Waals surface area contributed by atoms with E-state index in [9.17, 15) is 9.59 Å². The number of hydrogen-bond donors (Lipinski definition) is 2. The number of thiazole rings is 1. The minimum absolute atomic E-state index is 0.147. The molecule has 2 N–H and O–H groups in total. The van der Waals surface area contributed by atoms with Gasteiger partial charge in [-0.3, -0.25) is 9.59 Å². The predicted molar refractivity (Wildman–Crippen MR) is 72.1 cm³/mol. The second-order valence-corrected chi connectivity index (χ2v) is 6.05. The van der Waals surface area contributed by atoms with Crippen LogP contribution in [0.1, 0.15) is 36.9 Å². The van der Waals surface area contributed by atoms with Crippen LogP contribution in [0.4, 0.5) is 0 Å². The van der Waals surface area contributed by atoms with Crippen molar-refractivity contribution in [2.75, 3.05) is 6.54 Å². The molecule has 1 amide bonds. The summed E-state index contributed by atoms with van der Waals surface area (Å²) in [6.07, 6.45) is 1.16. The van der Waals surface area contributed by atoms with Gasteiger partial charge in [0.2, 0.25) is 5.91 Å². The normalized spacial score (nSPS) is 21.4. The molecule has 0 saturated heterocycles. The monoisotopic (exact) mass is 282 g/mol. The lowest BCUT2D eigenvalue weighted by molar-refractivity contribution is -0.140. The molecule has 104 valence electrons. The lowest BCUT2D eigenvalue weighted by Crippen LogP contribution is -2.28. The molecule has 1 aromatic rings. The quantitative estimate of drug-likeness (QED) is 0.831. The third-order valence-corrected chi connectivity index (χ3v) is 4.38. The summed E-state index contributed by atoms with van der Waals surface area (Å²) >= 11 is 1.64. The van der Waals surface area contributed by atoms with Crippen LogP contribution < -0.4 is 5.32 Å². The van der Waals surface area contributed by atoms with Gasteiger partial charge in [-0.25, -0.2) is 4.98 Å². The Morgan fingerprint density at radius 3 is 2.79 bits per heavy atom. The molecule has 19 heavy (non-hydrogen) atoms. The van der Waals surface area contributed by atoms with Gasteiger partial charge in [0.1, 0.15) is 0 Å². The number of carbonyl (C=O) groups is 2. The average molecular weight is 282 g/mol. The number of aromatic nitrogens is 1. The smallest absolute Gasteiger partial charge is 0.307 e. The van der Waals surface area contributed by atoms with Gasteiger partial charge in [-0.2, -0.15) is 0 Å². The van der Waals surface area contributed by atoms with Crippen molar-refractivity contribution in [1.82, 2.24) is 10.3 Å². The van der Waals surface area contributed by atoms with E-state index in [0.717, 1.165) is 10.7 Å². The van der Waals surface area contributed by atoms with Gasteiger partial charge >= 0.3 is 5.97 Å². The SMILES string of the molecule is CC(C)c1nc(CCNC(=O)[C@@H]2C[C@H]2C(=O)O)cs1. The number of nitrogens with zero attached hydrogens (tertiary/aromatic N) is 1. The Balaban J connectivity index is 1.72. The van der Waals surface area contributed by atoms with Gasteiger partial charge in [-0.05, 0) is 6.42 Å². The highest BCUT2D eigenvalue weighted by Crippen LogP contribution is 2.38. The van der Waals surface area contributed by atoms with Gasteiger partial charge in [0.05, 0.1) is 22.5 Å². The number of amides is 1. The lowest BCUT2D eigenvalue weighted by Gasteiger charge is -2.02. The largest absolute Gasteiger partial charge is 0.481 e. The van der Waals surface area contributed by atoms with E-state index in [1.165, 1.54) is 0 Å². The van der Waals surface area contributed by atoms with Crippen LogP contribution >= 0.6 is 11.3 Å². The number of nitrogens with one attached hydrogen (secondary N) is 1. The summed E-state index contributed by atoms with van der Waals surface area (Å²) in [5.41, 5.74) is 0.986. The first kappa shape index (κ1) is 14.0.